The molecule has 112 valence electrons. The van der Waals surface area contributed by atoms with E-state index in [0.29, 0.717) is 18.4 Å². The smallest absolute Gasteiger partial charge is 0.312 e. The van der Waals surface area contributed by atoms with Gasteiger partial charge >= 0.3 is 5.69 Å². The highest BCUT2D eigenvalue weighted by atomic mass is 35.7. The van der Waals surface area contributed by atoms with Crippen molar-refractivity contribution in [3.8, 4) is 5.75 Å². The van der Waals surface area contributed by atoms with Gasteiger partial charge in [0.25, 0.3) is 9.05 Å². The molecule has 0 aromatic heterocycles. The van der Waals surface area contributed by atoms with Gasteiger partial charge in [0.15, 0.2) is 5.75 Å². The Balaban J connectivity index is 3.39. The number of benzene rings is 1. The number of halogens is 1. The molecule has 0 atom stereocenters. The van der Waals surface area contributed by atoms with E-state index in [2.05, 4.69) is 0 Å². The molecular formula is C12H16ClNO5S. The molecule has 0 saturated heterocycles. The molecule has 0 spiro atoms. The fourth-order valence-corrected chi connectivity index (χ4v) is 2.98. The molecule has 1 aromatic carbocycles. The van der Waals surface area contributed by atoms with Crippen LogP contribution in [0.2, 0.25) is 0 Å². The first-order chi connectivity index (χ1) is 9.20. The van der Waals surface area contributed by atoms with Gasteiger partial charge in [-0.25, -0.2) is 8.42 Å². The number of nitro benzene ring substituents is 1. The standard InChI is InChI=1S/C12H16ClNO5S/c1-4-9(5-2)19-11-6-8(3)12(20(13,17)18)7-10(11)14(15)16/h6-7,9H,4-5H2,1-3H3. The molecule has 0 aliphatic carbocycles. The van der Waals surface area contributed by atoms with Crippen LogP contribution >= 0.6 is 10.7 Å². The number of hydrogen-bond donors (Lipinski definition) is 0. The topological polar surface area (TPSA) is 86.5 Å². The largest absolute Gasteiger partial charge is 0.484 e. The van der Waals surface area contributed by atoms with Crippen LogP contribution in [0.1, 0.15) is 32.3 Å². The van der Waals surface area contributed by atoms with E-state index in [1.807, 2.05) is 13.8 Å². The summed E-state index contributed by atoms with van der Waals surface area (Å²) in [5.41, 5.74) is -0.0896. The monoisotopic (exact) mass is 321 g/mol. The van der Waals surface area contributed by atoms with Gasteiger partial charge in [0.05, 0.1) is 15.9 Å². The van der Waals surface area contributed by atoms with Gasteiger partial charge in [-0.2, -0.15) is 0 Å². The van der Waals surface area contributed by atoms with Crippen LogP contribution in [0.3, 0.4) is 0 Å². The molecule has 20 heavy (non-hydrogen) atoms. The van der Waals surface area contributed by atoms with Gasteiger partial charge in [-0.1, -0.05) is 13.8 Å². The third kappa shape index (κ3) is 3.83. The Kier molecular flexibility index (Phi) is 5.35. The normalized spacial score (nSPS) is 11.7. The minimum Gasteiger partial charge on any atom is -0.484 e. The van der Waals surface area contributed by atoms with E-state index < -0.39 is 19.7 Å². The SMILES string of the molecule is CCC(CC)Oc1cc(C)c(S(=O)(=O)Cl)cc1[N+](=O)[O-]. The Morgan fingerprint density at radius 1 is 1.35 bits per heavy atom. The Bertz CT molecular complexity index is 611. The van der Waals surface area contributed by atoms with Crippen LogP contribution in [-0.2, 0) is 9.05 Å². The average molecular weight is 322 g/mol. The van der Waals surface area contributed by atoms with E-state index in [1.165, 1.54) is 13.0 Å². The predicted octanol–water partition coefficient (Wildman–Crippen LogP) is 3.40. The number of nitro groups is 1. The lowest BCUT2D eigenvalue weighted by molar-refractivity contribution is -0.386. The van der Waals surface area contributed by atoms with Gasteiger partial charge in [0.2, 0.25) is 0 Å². The Morgan fingerprint density at radius 3 is 2.30 bits per heavy atom. The molecule has 0 radical (unpaired) electrons. The van der Waals surface area contributed by atoms with E-state index in [-0.39, 0.29) is 16.7 Å². The second-order valence-corrected chi connectivity index (χ2v) is 6.87. The molecule has 0 N–H and O–H groups in total. The summed E-state index contributed by atoms with van der Waals surface area (Å²) in [6, 6.07) is 2.28. The Hall–Kier alpha value is -1.34. The summed E-state index contributed by atoms with van der Waals surface area (Å²) in [6.07, 6.45) is 1.23. The first-order valence-electron chi connectivity index (χ1n) is 6.11. The number of hydrogen-bond acceptors (Lipinski definition) is 5. The zero-order chi connectivity index (χ0) is 15.5. The predicted molar refractivity (Wildman–Crippen MR) is 75.9 cm³/mol. The van der Waals surface area contributed by atoms with Crippen LogP contribution in [-0.4, -0.2) is 19.4 Å². The third-order valence-corrected chi connectivity index (χ3v) is 4.38. The molecule has 1 rings (SSSR count). The lowest BCUT2D eigenvalue weighted by Crippen LogP contribution is -2.15. The van der Waals surface area contributed by atoms with Crippen molar-refractivity contribution in [3.63, 3.8) is 0 Å². The lowest BCUT2D eigenvalue weighted by Gasteiger charge is -2.16. The first kappa shape index (κ1) is 16.7. The molecule has 0 amide bonds. The highest BCUT2D eigenvalue weighted by molar-refractivity contribution is 8.13. The molecule has 0 aliphatic heterocycles. The van der Waals surface area contributed by atoms with Crippen molar-refractivity contribution >= 4 is 25.4 Å². The molecule has 0 fully saturated rings. The minimum atomic E-state index is -4.03. The summed E-state index contributed by atoms with van der Waals surface area (Å²) in [5.74, 6) is 0.0604. The summed E-state index contributed by atoms with van der Waals surface area (Å²) < 4.78 is 28.3. The van der Waals surface area contributed by atoms with Crippen molar-refractivity contribution in [2.45, 2.75) is 44.6 Å². The van der Waals surface area contributed by atoms with Crippen LogP contribution in [0.4, 0.5) is 5.69 Å². The van der Waals surface area contributed by atoms with E-state index in [0.717, 1.165) is 6.07 Å². The molecule has 6 nitrogen and oxygen atoms in total. The Morgan fingerprint density at radius 2 is 1.90 bits per heavy atom. The second kappa shape index (κ2) is 6.41. The zero-order valence-corrected chi connectivity index (χ0v) is 13.0. The minimum absolute atomic E-state index is 0.0604. The maximum atomic E-state index is 11.4. The fourth-order valence-electron chi connectivity index (χ4n) is 1.79. The first-order valence-corrected chi connectivity index (χ1v) is 8.42. The molecular weight excluding hydrogens is 306 g/mol. The second-order valence-electron chi connectivity index (χ2n) is 4.34. The van der Waals surface area contributed by atoms with E-state index in [4.69, 9.17) is 15.4 Å². The van der Waals surface area contributed by atoms with Crippen LogP contribution in [0.15, 0.2) is 17.0 Å². The van der Waals surface area contributed by atoms with Crippen LogP contribution in [0.25, 0.3) is 0 Å². The highest BCUT2D eigenvalue weighted by Gasteiger charge is 2.24. The molecule has 1 aromatic rings. The summed E-state index contributed by atoms with van der Waals surface area (Å²) in [5, 5.41) is 11.1. The number of nitrogens with zero attached hydrogens (tertiary/aromatic N) is 1. The van der Waals surface area contributed by atoms with Crippen molar-refractivity contribution < 1.29 is 18.1 Å². The maximum absolute atomic E-state index is 11.4. The summed E-state index contributed by atoms with van der Waals surface area (Å²) in [6.45, 7) is 5.33. The van der Waals surface area contributed by atoms with Gasteiger partial charge in [0, 0.05) is 16.7 Å². The molecule has 0 saturated carbocycles. The van der Waals surface area contributed by atoms with Gasteiger partial charge in [-0.3, -0.25) is 10.1 Å². The van der Waals surface area contributed by atoms with Crippen molar-refractivity contribution in [2.24, 2.45) is 0 Å². The number of rotatable bonds is 6. The fraction of sp³-hybridized carbons (Fsp3) is 0.500. The third-order valence-electron chi connectivity index (χ3n) is 2.92. The van der Waals surface area contributed by atoms with Gasteiger partial charge in [-0.05, 0) is 31.4 Å². The summed E-state index contributed by atoms with van der Waals surface area (Å²) >= 11 is 0. The van der Waals surface area contributed by atoms with Crippen LogP contribution in [0.5, 0.6) is 5.75 Å². The molecule has 0 unspecified atom stereocenters. The van der Waals surface area contributed by atoms with Gasteiger partial charge in [0.1, 0.15) is 0 Å². The Labute approximate surface area is 122 Å². The molecule has 0 bridgehead atoms. The molecule has 0 heterocycles. The molecule has 0 aliphatic rings. The molecule has 8 heteroatoms. The van der Waals surface area contributed by atoms with Crippen molar-refractivity contribution in [2.75, 3.05) is 0 Å². The number of aryl methyl sites for hydroxylation is 1. The zero-order valence-electron chi connectivity index (χ0n) is 11.4. The number of ether oxygens (including phenoxy) is 1. The van der Waals surface area contributed by atoms with Gasteiger partial charge in [-0.15, -0.1) is 0 Å². The van der Waals surface area contributed by atoms with E-state index in [1.54, 1.807) is 0 Å². The summed E-state index contributed by atoms with van der Waals surface area (Å²) in [7, 11) is 1.23. The van der Waals surface area contributed by atoms with Crippen LogP contribution < -0.4 is 4.74 Å². The maximum Gasteiger partial charge on any atom is 0.312 e. The van der Waals surface area contributed by atoms with Crippen molar-refractivity contribution in [3.05, 3.63) is 27.8 Å². The summed E-state index contributed by atoms with van der Waals surface area (Å²) in [4.78, 5) is 10.1. The van der Waals surface area contributed by atoms with Gasteiger partial charge < -0.3 is 4.74 Å². The highest BCUT2D eigenvalue weighted by Crippen LogP contribution is 2.34. The lowest BCUT2D eigenvalue weighted by atomic mass is 10.2. The van der Waals surface area contributed by atoms with Crippen molar-refractivity contribution in [1.82, 2.24) is 0 Å². The van der Waals surface area contributed by atoms with E-state index in [9.17, 15) is 18.5 Å². The average Bonchev–Trinajstić information content (AvgIpc) is 2.33. The quantitative estimate of drug-likeness (QED) is 0.455. The van der Waals surface area contributed by atoms with Crippen molar-refractivity contribution in [1.29, 1.82) is 0 Å². The van der Waals surface area contributed by atoms with Crippen LogP contribution in [0, 0.1) is 17.0 Å². The van der Waals surface area contributed by atoms with E-state index >= 15 is 0 Å².